The van der Waals surface area contributed by atoms with Crippen LogP contribution < -0.4 is 5.32 Å². The molecule has 1 atom stereocenters. The van der Waals surface area contributed by atoms with Crippen LogP contribution in [0.1, 0.15) is 117 Å². The average molecular weight is 913 g/mol. The quantitative estimate of drug-likeness (QED) is 0.167. The lowest BCUT2D eigenvalue weighted by Crippen LogP contribution is -2.51. The Morgan fingerprint density at radius 2 is 0.971 bits per heavy atom. The zero-order valence-electron chi connectivity index (χ0n) is 38.8. The van der Waals surface area contributed by atoms with E-state index in [0.29, 0.717) is 12.1 Å². The highest BCUT2D eigenvalue weighted by atomic mass is 16.2. The Bertz CT molecular complexity index is 2550. The third kappa shape index (κ3) is 10.3. The summed E-state index contributed by atoms with van der Waals surface area (Å²) in [6.07, 6.45) is 10.5. The predicted octanol–water partition coefficient (Wildman–Crippen LogP) is 9.23. The second-order valence-electron chi connectivity index (χ2n) is 19.4. The summed E-state index contributed by atoms with van der Waals surface area (Å²) in [6.45, 7) is 10.1. The molecule has 4 fully saturated rings. The van der Waals surface area contributed by atoms with Crippen LogP contribution in [0.3, 0.4) is 0 Å². The van der Waals surface area contributed by atoms with Gasteiger partial charge in [0.15, 0.2) is 0 Å². The van der Waals surface area contributed by atoms with Crippen LogP contribution in [0, 0.1) is 0 Å². The molecule has 10 heteroatoms. The Kier molecular flexibility index (Phi) is 14.8. The molecule has 11 rings (SSSR count). The molecule has 5 aromatic rings. The summed E-state index contributed by atoms with van der Waals surface area (Å²) in [7, 11) is 0. The summed E-state index contributed by atoms with van der Waals surface area (Å²) in [5.74, 6) is 0.613. The molecule has 0 radical (unpaired) electrons. The number of nitrogens with zero attached hydrogens (tertiary/aromatic N) is 5. The van der Waals surface area contributed by atoms with E-state index in [1.54, 1.807) is 0 Å². The highest BCUT2D eigenvalue weighted by Crippen LogP contribution is 2.32. The van der Waals surface area contributed by atoms with Gasteiger partial charge in [-0.25, -0.2) is 0 Å². The normalized spacial score (nSPS) is 19.7. The lowest BCUT2D eigenvalue weighted by Gasteiger charge is -2.40. The fourth-order valence-electron chi connectivity index (χ4n) is 11.2. The number of benzene rings is 5. The number of hydrogen-bond donors (Lipinski definition) is 1. The Morgan fingerprint density at radius 3 is 1.44 bits per heavy atom. The summed E-state index contributed by atoms with van der Waals surface area (Å²) in [5.41, 5.74) is 11.2. The van der Waals surface area contributed by atoms with Crippen LogP contribution in [0.2, 0.25) is 0 Å². The van der Waals surface area contributed by atoms with E-state index in [-0.39, 0.29) is 31.1 Å². The molecular formula is C58H68N6O4. The van der Waals surface area contributed by atoms with Gasteiger partial charge in [-0.15, -0.1) is 0 Å². The molecule has 6 aliphatic heterocycles. The van der Waals surface area contributed by atoms with Gasteiger partial charge in [-0.05, 0) is 146 Å². The van der Waals surface area contributed by atoms with E-state index >= 15 is 0 Å². The second kappa shape index (κ2) is 21.5. The second-order valence-corrected chi connectivity index (χ2v) is 19.4. The van der Waals surface area contributed by atoms with E-state index in [1.165, 1.54) is 5.56 Å². The van der Waals surface area contributed by atoms with Crippen LogP contribution in [0.5, 0.6) is 0 Å². The van der Waals surface area contributed by atoms with Gasteiger partial charge in [0.25, 0.3) is 23.6 Å². The Balaban J connectivity index is 0.000000171. The summed E-state index contributed by atoms with van der Waals surface area (Å²) in [4.78, 5) is 62.3. The number of nitrogens with one attached hydrogen (secondary N) is 1. The molecule has 354 valence electrons. The van der Waals surface area contributed by atoms with Crippen LogP contribution in [0.4, 0.5) is 0 Å². The first-order chi connectivity index (χ1) is 32.9. The van der Waals surface area contributed by atoms with Crippen molar-refractivity contribution in [1.29, 1.82) is 0 Å². The minimum atomic E-state index is 0. The smallest absolute Gasteiger partial charge is 0.254 e. The van der Waals surface area contributed by atoms with E-state index in [9.17, 15) is 19.2 Å². The first-order valence-corrected chi connectivity index (χ1v) is 25.0. The van der Waals surface area contributed by atoms with Crippen molar-refractivity contribution >= 4 is 23.6 Å². The molecule has 0 aromatic heterocycles. The van der Waals surface area contributed by atoms with Gasteiger partial charge in [0.2, 0.25) is 0 Å². The van der Waals surface area contributed by atoms with Gasteiger partial charge in [-0.2, -0.15) is 0 Å². The predicted molar refractivity (Wildman–Crippen MR) is 271 cm³/mol. The molecule has 0 aliphatic carbocycles. The van der Waals surface area contributed by atoms with Crippen molar-refractivity contribution < 1.29 is 19.2 Å². The van der Waals surface area contributed by atoms with E-state index < -0.39 is 0 Å². The summed E-state index contributed by atoms with van der Waals surface area (Å²) in [5, 5.41) is 3.42. The Hall–Kier alpha value is -6.10. The van der Waals surface area contributed by atoms with Crippen LogP contribution in [0.25, 0.3) is 22.3 Å². The molecule has 6 aliphatic rings. The lowest BCUT2D eigenvalue weighted by molar-refractivity contribution is 0.0545. The molecular weight excluding hydrogens is 845 g/mol. The van der Waals surface area contributed by atoms with Crippen LogP contribution in [-0.2, 0) is 19.4 Å². The third-order valence-electron chi connectivity index (χ3n) is 15.1. The number of carbonyl (C=O) groups is 4. The van der Waals surface area contributed by atoms with Crippen LogP contribution >= 0.6 is 0 Å². The first-order valence-electron chi connectivity index (χ1n) is 25.0. The molecule has 6 heterocycles. The van der Waals surface area contributed by atoms with Gasteiger partial charge in [0.1, 0.15) is 0 Å². The van der Waals surface area contributed by atoms with Gasteiger partial charge in [0, 0.05) is 99.8 Å². The molecule has 0 bridgehead atoms. The molecule has 4 saturated heterocycles. The topological polar surface area (TPSA) is 96.5 Å². The lowest BCUT2D eigenvalue weighted by atomic mass is 9.91. The zero-order chi connectivity index (χ0) is 45.7. The summed E-state index contributed by atoms with van der Waals surface area (Å²) in [6, 6.07) is 39.5. The summed E-state index contributed by atoms with van der Waals surface area (Å²) < 4.78 is 0. The number of hydrogen-bond acceptors (Lipinski definition) is 6. The van der Waals surface area contributed by atoms with Crippen LogP contribution in [-0.4, -0.2) is 126 Å². The minimum Gasteiger partial charge on any atom is -0.339 e. The van der Waals surface area contributed by atoms with E-state index in [2.05, 4.69) is 68.5 Å². The number of carbonyl (C=O) groups excluding carboxylic acids is 4. The number of likely N-dealkylation sites (tertiary alicyclic amines) is 3. The number of fused-ring (bicyclic) bond motifs is 2. The number of rotatable bonds is 8. The fraction of sp³-hybridized carbons (Fsp3) is 0.414. The van der Waals surface area contributed by atoms with Gasteiger partial charge >= 0.3 is 0 Å². The van der Waals surface area contributed by atoms with Crippen molar-refractivity contribution in [2.45, 2.75) is 90.3 Å². The van der Waals surface area contributed by atoms with Gasteiger partial charge in [-0.3, -0.25) is 24.1 Å². The largest absolute Gasteiger partial charge is 0.339 e. The van der Waals surface area contributed by atoms with Crippen molar-refractivity contribution in [2.24, 2.45) is 0 Å². The van der Waals surface area contributed by atoms with E-state index in [1.807, 2.05) is 76.5 Å². The molecule has 68 heavy (non-hydrogen) atoms. The molecule has 0 unspecified atom stereocenters. The van der Waals surface area contributed by atoms with Crippen molar-refractivity contribution in [1.82, 2.24) is 29.8 Å². The highest BCUT2D eigenvalue weighted by molar-refractivity contribution is 5.99. The van der Waals surface area contributed by atoms with Gasteiger partial charge in [-0.1, -0.05) is 86.3 Å². The molecule has 4 amide bonds. The van der Waals surface area contributed by atoms with E-state index in [4.69, 9.17) is 0 Å². The third-order valence-corrected chi connectivity index (χ3v) is 15.1. The number of piperidine rings is 2. The van der Waals surface area contributed by atoms with Crippen molar-refractivity contribution in [3.63, 3.8) is 0 Å². The fourth-order valence-corrected chi connectivity index (χ4v) is 11.2. The maximum atomic E-state index is 13.5. The maximum absolute atomic E-state index is 13.5. The Morgan fingerprint density at radius 1 is 0.500 bits per heavy atom. The molecule has 5 aromatic carbocycles. The van der Waals surface area contributed by atoms with Gasteiger partial charge in [0.05, 0.1) is 0 Å². The first kappa shape index (κ1) is 47.0. The van der Waals surface area contributed by atoms with E-state index in [0.717, 1.165) is 192 Å². The molecule has 1 N–H and O–H groups in total. The monoisotopic (exact) mass is 913 g/mol. The number of amides is 4. The maximum Gasteiger partial charge on any atom is 0.254 e. The van der Waals surface area contributed by atoms with Crippen molar-refractivity contribution in [3.8, 4) is 22.3 Å². The van der Waals surface area contributed by atoms with Gasteiger partial charge < -0.3 is 24.9 Å². The zero-order valence-corrected chi connectivity index (χ0v) is 38.8. The SMILES string of the molecule is C.O=C(c1ccc(-c2ccc3c(c2)CCN(C2CCN(Cc4ccccc4)CC2)C3=O)cc1)N1CCCC1.O=C(c1ccc(-c2ccc3c(c2)CCN([C@@H]2CCCNC2)C3=O)cc1)N1CCCC1. The van der Waals surface area contributed by atoms with Crippen molar-refractivity contribution in [3.05, 3.63) is 154 Å². The summed E-state index contributed by atoms with van der Waals surface area (Å²) >= 11 is 0. The molecule has 10 nitrogen and oxygen atoms in total. The molecule has 0 spiro atoms. The van der Waals surface area contributed by atoms with Crippen LogP contribution in [0.15, 0.2) is 115 Å². The minimum absolute atomic E-state index is 0. The molecule has 0 saturated carbocycles. The standard InChI is InChI=1S/C32H35N3O2.C25H29N3O2.CH4/c36-31(34-17-4-5-18-34)26-10-8-25(9-11-26)27-12-13-30-28(22-27)14-21-35(32(30)37)29-15-19-33(20-16-29)23-24-6-2-1-3-7-24;29-24(27-13-1-2-14-27)19-7-5-18(6-8-19)20-9-10-23-21(16-20)11-15-28(25(23)30)22-4-3-12-26-17-22;/h1-3,6-13,22,29H,4-5,14-21,23H2;5-10,16,22,26H,1-4,11-15,17H2;1H4/t;22-;/m.1./s1. The average Bonchev–Trinajstić information content (AvgIpc) is 4.14. The van der Waals surface area contributed by atoms with Crippen molar-refractivity contribution in [2.75, 3.05) is 65.4 Å². The highest BCUT2D eigenvalue weighted by Gasteiger charge is 2.33. The Labute approximate surface area is 403 Å².